The molecule has 25 heavy (non-hydrogen) atoms. The molecule has 2 rings (SSSR count). The Morgan fingerprint density at radius 3 is 2.44 bits per heavy atom. The molecule has 0 aliphatic carbocycles. The highest BCUT2D eigenvalue weighted by atomic mass is 32.1. The maximum atomic E-state index is 11.9. The molecule has 0 radical (unpaired) electrons. The number of nitrogens with zero attached hydrogens (tertiary/aromatic N) is 2. The third kappa shape index (κ3) is 4.83. The Kier molecular flexibility index (Phi) is 5.16. The third-order valence-corrected chi connectivity index (χ3v) is 3.51. The van der Waals surface area contributed by atoms with Gasteiger partial charge in [0.2, 0.25) is 0 Å². The van der Waals surface area contributed by atoms with Crippen LogP contribution in [0, 0.1) is 5.41 Å². The van der Waals surface area contributed by atoms with Crippen LogP contribution >= 0.6 is 11.3 Å². The first kappa shape index (κ1) is 18.5. The Morgan fingerprint density at radius 1 is 1.28 bits per heavy atom. The summed E-state index contributed by atoms with van der Waals surface area (Å²) < 4.78 is 5.06. The van der Waals surface area contributed by atoms with E-state index in [1.165, 1.54) is 5.38 Å². The number of hydroxylamine groups is 2. The van der Waals surface area contributed by atoms with Crippen molar-refractivity contribution < 1.29 is 28.8 Å². The summed E-state index contributed by atoms with van der Waals surface area (Å²) in [7, 11) is 0. The van der Waals surface area contributed by atoms with Gasteiger partial charge in [-0.15, -0.1) is 16.4 Å². The second-order valence-corrected chi connectivity index (χ2v) is 6.86. The standard InChI is InChI=1S/C14H16N4O6S/c1-14(2,3)23-13(22)17-12-16-7(6-25-12)10(15)11(21)24-18-8(19)4-5-9(18)20/h6,15H,4-5H2,1-3H3,(H,16,17,22). The number of hydrogen-bond acceptors (Lipinski definition) is 9. The number of carbonyl (C=O) groups is 4. The summed E-state index contributed by atoms with van der Waals surface area (Å²) in [6, 6.07) is 0. The predicted molar refractivity (Wildman–Crippen MR) is 86.0 cm³/mol. The number of ether oxygens (including phenoxy) is 1. The van der Waals surface area contributed by atoms with Gasteiger partial charge in [-0.3, -0.25) is 20.3 Å². The zero-order valence-electron chi connectivity index (χ0n) is 13.7. The van der Waals surface area contributed by atoms with E-state index in [1.54, 1.807) is 20.8 Å². The van der Waals surface area contributed by atoms with E-state index in [0.717, 1.165) is 11.3 Å². The molecule has 2 N–H and O–H groups in total. The van der Waals surface area contributed by atoms with Crippen molar-refractivity contribution >= 4 is 46.1 Å². The Labute approximate surface area is 146 Å². The van der Waals surface area contributed by atoms with Crippen molar-refractivity contribution in [3.63, 3.8) is 0 Å². The molecule has 1 aromatic heterocycles. The molecule has 11 heteroatoms. The maximum Gasteiger partial charge on any atom is 0.413 e. The first-order valence-electron chi connectivity index (χ1n) is 7.19. The van der Waals surface area contributed by atoms with Gasteiger partial charge in [-0.1, -0.05) is 0 Å². The Balaban J connectivity index is 1.97. The smallest absolute Gasteiger partial charge is 0.413 e. The highest BCUT2D eigenvalue weighted by Gasteiger charge is 2.34. The van der Waals surface area contributed by atoms with Crippen molar-refractivity contribution in [1.82, 2.24) is 10.0 Å². The minimum absolute atomic E-state index is 0.0416. The van der Waals surface area contributed by atoms with Gasteiger partial charge in [0.1, 0.15) is 11.3 Å². The number of carbonyl (C=O) groups excluding carboxylic acids is 4. The summed E-state index contributed by atoms with van der Waals surface area (Å²) in [5, 5.41) is 11.9. The normalized spacial score (nSPS) is 14.4. The van der Waals surface area contributed by atoms with Gasteiger partial charge in [0.05, 0.1) is 0 Å². The molecule has 10 nitrogen and oxygen atoms in total. The number of thiazole rings is 1. The van der Waals surface area contributed by atoms with Gasteiger partial charge in [0, 0.05) is 18.2 Å². The van der Waals surface area contributed by atoms with E-state index >= 15 is 0 Å². The average molecular weight is 368 g/mol. The van der Waals surface area contributed by atoms with Crippen LogP contribution in [-0.2, 0) is 24.0 Å². The molecule has 0 spiro atoms. The molecule has 1 aromatic rings. The summed E-state index contributed by atoms with van der Waals surface area (Å²) in [5.41, 5.74) is -1.41. The lowest BCUT2D eigenvalue weighted by Gasteiger charge is -2.18. The van der Waals surface area contributed by atoms with Crippen molar-refractivity contribution in [2.75, 3.05) is 5.32 Å². The molecule has 0 bridgehead atoms. The van der Waals surface area contributed by atoms with Gasteiger partial charge in [0.25, 0.3) is 11.8 Å². The molecule has 1 fully saturated rings. The van der Waals surface area contributed by atoms with E-state index in [1.807, 2.05) is 0 Å². The van der Waals surface area contributed by atoms with Crippen LogP contribution in [0.2, 0.25) is 0 Å². The van der Waals surface area contributed by atoms with Crippen LogP contribution in [0.15, 0.2) is 5.38 Å². The van der Waals surface area contributed by atoms with Crippen LogP contribution < -0.4 is 5.32 Å². The molecule has 134 valence electrons. The van der Waals surface area contributed by atoms with Gasteiger partial charge in [-0.2, -0.15) is 0 Å². The summed E-state index contributed by atoms with van der Waals surface area (Å²) in [4.78, 5) is 54.9. The Morgan fingerprint density at radius 2 is 1.88 bits per heavy atom. The second kappa shape index (κ2) is 6.97. The average Bonchev–Trinajstić information content (AvgIpc) is 3.06. The van der Waals surface area contributed by atoms with E-state index in [2.05, 4.69) is 15.1 Å². The Hall–Kier alpha value is -2.82. The summed E-state index contributed by atoms with van der Waals surface area (Å²) >= 11 is 0.974. The molecule has 0 unspecified atom stereocenters. The van der Waals surface area contributed by atoms with Gasteiger partial charge < -0.3 is 9.57 Å². The fourth-order valence-electron chi connectivity index (χ4n) is 1.73. The van der Waals surface area contributed by atoms with Crippen molar-refractivity contribution in [2.45, 2.75) is 39.2 Å². The number of aromatic nitrogens is 1. The van der Waals surface area contributed by atoms with Crippen LogP contribution in [0.1, 0.15) is 39.3 Å². The molecule has 0 atom stereocenters. The second-order valence-electron chi connectivity index (χ2n) is 6.00. The van der Waals surface area contributed by atoms with Crippen LogP contribution in [0.4, 0.5) is 9.93 Å². The lowest BCUT2D eigenvalue weighted by Crippen LogP contribution is -2.35. The molecule has 1 aliphatic heterocycles. The van der Waals surface area contributed by atoms with Crippen LogP contribution in [0.3, 0.4) is 0 Å². The van der Waals surface area contributed by atoms with Gasteiger partial charge >= 0.3 is 12.1 Å². The van der Waals surface area contributed by atoms with Crippen molar-refractivity contribution in [3.05, 3.63) is 11.1 Å². The molecule has 1 aliphatic rings. The highest BCUT2D eigenvalue weighted by molar-refractivity contribution is 7.14. The Bertz CT molecular complexity index is 735. The van der Waals surface area contributed by atoms with Crippen LogP contribution in [0.25, 0.3) is 0 Å². The molecule has 2 heterocycles. The zero-order valence-corrected chi connectivity index (χ0v) is 14.6. The van der Waals surface area contributed by atoms with Crippen molar-refractivity contribution in [3.8, 4) is 0 Å². The van der Waals surface area contributed by atoms with Crippen LogP contribution in [-0.4, -0.2) is 45.2 Å². The van der Waals surface area contributed by atoms with E-state index in [9.17, 15) is 19.2 Å². The molecular weight excluding hydrogens is 352 g/mol. The van der Waals surface area contributed by atoms with Gasteiger partial charge in [-0.05, 0) is 20.8 Å². The molecular formula is C14H16N4O6S. The minimum atomic E-state index is -1.20. The van der Waals surface area contributed by atoms with E-state index < -0.39 is 35.2 Å². The van der Waals surface area contributed by atoms with Crippen molar-refractivity contribution in [1.29, 1.82) is 5.41 Å². The van der Waals surface area contributed by atoms with Gasteiger partial charge in [0.15, 0.2) is 10.8 Å². The first-order valence-corrected chi connectivity index (χ1v) is 8.07. The quantitative estimate of drug-likeness (QED) is 0.606. The topological polar surface area (TPSA) is 139 Å². The molecule has 3 amide bonds. The maximum absolute atomic E-state index is 11.9. The van der Waals surface area contributed by atoms with E-state index in [-0.39, 0.29) is 23.7 Å². The van der Waals surface area contributed by atoms with E-state index in [0.29, 0.717) is 5.06 Å². The van der Waals surface area contributed by atoms with E-state index in [4.69, 9.17) is 10.1 Å². The fraction of sp³-hybridized carbons (Fsp3) is 0.429. The fourth-order valence-corrected chi connectivity index (χ4v) is 2.42. The predicted octanol–water partition coefficient (Wildman–Crippen LogP) is 1.47. The number of anilines is 1. The molecule has 1 saturated heterocycles. The third-order valence-electron chi connectivity index (χ3n) is 2.75. The summed E-state index contributed by atoms with van der Waals surface area (Å²) in [5.74, 6) is -2.48. The summed E-state index contributed by atoms with van der Waals surface area (Å²) in [6.45, 7) is 5.10. The van der Waals surface area contributed by atoms with Crippen LogP contribution in [0.5, 0.6) is 0 Å². The number of nitrogens with one attached hydrogen (secondary N) is 2. The summed E-state index contributed by atoms with van der Waals surface area (Å²) in [6.07, 6.45) is -0.809. The highest BCUT2D eigenvalue weighted by Crippen LogP contribution is 2.19. The molecule has 0 aromatic carbocycles. The zero-order chi connectivity index (χ0) is 18.8. The lowest BCUT2D eigenvalue weighted by molar-refractivity contribution is -0.192. The van der Waals surface area contributed by atoms with Gasteiger partial charge in [-0.25, -0.2) is 14.6 Å². The number of amides is 3. The largest absolute Gasteiger partial charge is 0.444 e. The number of imide groups is 1. The molecule has 0 saturated carbocycles. The first-order chi connectivity index (χ1) is 11.6. The lowest BCUT2D eigenvalue weighted by atomic mass is 10.2. The number of rotatable bonds is 4. The van der Waals surface area contributed by atoms with Crippen molar-refractivity contribution in [2.24, 2.45) is 0 Å². The minimum Gasteiger partial charge on any atom is -0.444 e. The number of hydrogen-bond donors (Lipinski definition) is 2. The SMILES string of the molecule is CC(C)(C)OC(=O)Nc1nc(C(=N)C(=O)ON2C(=O)CCC2=O)cs1. The monoisotopic (exact) mass is 368 g/mol.